The number of hydrogen-bond acceptors (Lipinski definition) is 2. The van der Waals surface area contributed by atoms with Crippen LogP contribution in [0.3, 0.4) is 0 Å². The Labute approximate surface area is 116 Å². The monoisotopic (exact) mass is 269 g/mol. The molecule has 0 fully saturated rings. The summed E-state index contributed by atoms with van der Waals surface area (Å²) >= 11 is 1.58. The molecule has 0 radical (unpaired) electrons. The third-order valence-corrected chi connectivity index (χ3v) is 3.46. The second-order valence-corrected chi connectivity index (χ2v) is 5.97. The zero-order chi connectivity index (χ0) is 14.0. The molecule has 0 unspecified atom stereocenters. The van der Waals surface area contributed by atoms with Gasteiger partial charge in [-0.1, -0.05) is 38.8 Å². The van der Waals surface area contributed by atoms with Crippen molar-refractivity contribution >= 4 is 17.7 Å². The van der Waals surface area contributed by atoms with E-state index in [1.807, 2.05) is 19.3 Å². The van der Waals surface area contributed by atoms with Crippen LogP contribution in [0.4, 0.5) is 0 Å². The Morgan fingerprint density at radius 1 is 1.28 bits per heavy atom. The predicted octanol–water partition coefficient (Wildman–Crippen LogP) is 4.63. The first-order chi connectivity index (χ1) is 8.49. The fourth-order valence-electron chi connectivity index (χ4n) is 1.76. The molecule has 1 N–H and O–H groups in total. The van der Waals surface area contributed by atoms with Crippen molar-refractivity contribution in [2.24, 2.45) is 0 Å². The summed E-state index contributed by atoms with van der Waals surface area (Å²) < 4.78 is 0. The third kappa shape index (κ3) is 9.34. The number of carbonyl (C=O) groups is 1. The molecule has 0 heterocycles. The van der Waals surface area contributed by atoms with Crippen LogP contribution in [0.25, 0.3) is 0 Å². The number of rotatable bonds is 9. The van der Waals surface area contributed by atoms with Crippen molar-refractivity contribution in [3.05, 3.63) is 22.5 Å². The molecule has 0 saturated heterocycles. The Morgan fingerprint density at radius 3 is 2.28 bits per heavy atom. The first kappa shape index (κ1) is 17.3. The Balaban J connectivity index is 4.14. The zero-order valence-corrected chi connectivity index (χ0v) is 13.0. The molecule has 0 aromatic carbocycles. The highest BCUT2D eigenvalue weighted by atomic mass is 32.2. The summed E-state index contributed by atoms with van der Waals surface area (Å²) in [6.07, 6.45) is 4.87. The van der Waals surface area contributed by atoms with Crippen LogP contribution in [0.5, 0.6) is 0 Å². The van der Waals surface area contributed by atoms with Crippen LogP contribution in [-0.4, -0.2) is 11.9 Å². The number of nitrogens with one attached hydrogen (secondary N) is 1. The smallest absolute Gasteiger partial charge is 0.224 e. The van der Waals surface area contributed by atoms with Gasteiger partial charge >= 0.3 is 0 Å². The molecule has 0 aliphatic heterocycles. The van der Waals surface area contributed by atoms with Crippen LogP contribution >= 0.6 is 11.8 Å². The van der Waals surface area contributed by atoms with Crippen LogP contribution in [0.1, 0.15) is 59.8 Å². The molecule has 104 valence electrons. The van der Waals surface area contributed by atoms with E-state index in [4.69, 9.17) is 0 Å². The molecule has 0 aliphatic rings. The van der Waals surface area contributed by atoms with Gasteiger partial charge in [0.2, 0.25) is 5.91 Å². The quantitative estimate of drug-likeness (QED) is 0.661. The molecule has 0 spiro atoms. The van der Waals surface area contributed by atoms with Crippen LogP contribution in [0.2, 0.25) is 0 Å². The van der Waals surface area contributed by atoms with Gasteiger partial charge in [-0.25, -0.2) is 0 Å². The molecule has 0 aromatic heterocycles. The molecule has 0 bridgehead atoms. The van der Waals surface area contributed by atoms with E-state index in [-0.39, 0.29) is 5.91 Å². The minimum atomic E-state index is 0.137. The summed E-state index contributed by atoms with van der Waals surface area (Å²) in [5, 5.41) is 5.14. The summed E-state index contributed by atoms with van der Waals surface area (Å²) in [6, 6.07) is 0.342. The van der Waals surface area contributed by atoms with Gasteiger partial charge in [-0.15, -0.1) is 11.8 Å². The number of hydrogen-bond donors (Lipinski definition) is 1. The molecule has 0 aromatic rings. The fraction of sp³-hybridized carbons (Fsp3) is 0.667. The average molecular weight is 269 g/mol. The highest BCUT2D eigenvalue weighted by molar-refractivity contribution is 8.05. The molecule has 1 amide bonds. The lowest BCUT2D eigenvalue weighted by molar-refractivity contribution is -0.121. The fourth-order valence-corrected chi connectivity index (χ4v) is 2.25. The summed E-state index contributed by atoms with van der Waals surface area (Å²) in [7, 11) is 0. The molecule has 18 heavy (non-hydrogen) atoms. The second kappa shape index (κ2) is 10.2. The summed E-state index contributed by atoms with van der Waals surface area (Å²) in [4.78, 5) is 12.9. The lowest BCUT2D eigenvalue weighted by Gasteiger charge is -2.17. The molecule has 2 nitrogen and oxygen atoms in total. The maximum absolute atomic E-state index is 11.9. The normalized spacial score (nSPS) is 11.7. The summed E-state index contributed by atoms with van der Waals surface area (Å²) in [5.74, 6) is 0.137. The molecule has 0 saturated carbocycles. The Morgan fingerprint density at radius 2 is 1.83 bits per heavy atom. The number of thioether (sulfide) groups is 1. The van der Waals surface area contributed by atoms with Gasteiger partial charge < -0.3 is 5.32 Å². The van der Waals surface area contributed by atoms with Crippen LogP contribution in [-0.2, 0) is 4.79 Å². The molecule has 0 rings (SSSR count). The Bertz CT molecular complexity index is 291. The molecule has 3 heteroatoms. The van der Waals surface area contributed by atoms with Crippen molar-refractivity contribution < 1.29 is 4.79 Å². The molecular formula is C15H27NOS. The minimum absolute atomic E-state index is 0.137. The first-order valence-corrected chi connectivity index (χ1v) is 7.64. The largest absolute Gasteiger partial charge is 0.353 e. The van der Waals surface area contributed by atoms with Crippen molar-refractivity contribution in [3.63, 3.8) is 0 Å². The standard InChI is InChI=1S/C15H27NOS/c1-6-8-14(9-7-2)16-15(17)10-13(5)11-18-12(3)4/h11,14H,3,6-10H2,1-2,4-5H3,(H,16,17)/b13-11+. The van der Waals surface area contributed by atoms with Gasteiger partial charge in [0.15, 0.2) is 0 Å². The van der Waals surface area contributed by atoms with Gasteiger partial charge in [-0.05, 0) is 37.0 Å². The topological polar surface area (TPSA) is 29.1 Å². The number of allylic oxidation sites excluding steroid dienone is 1. The van der Waals surface area contributed by atoms with E-state index >= 15 is 0 Å². The van der Waals surface area contributed by atoms with E-state index in [1.54, 1.807) is 11.8 Å². The van der Waals surface area contributed by atoms with E-state index < -0.39 is 0 Å². The van der Waals surface area contributed by atoms with Gasteiger partial charge in [0.25, 0.3) is 0 Å². The summed E-state index contributed by atoms with van der Waals surface area (Å²) in [6.45, 7) is 12.1. The van der Waals surface area contributed by atoms with E-state index in [2.05, 4.69) is 25.7 Å². The molecular weight excluding hydrogens is 242 g/mol. The first-order valence-electron chi connectivity index (χ1n) is 6.76. The lowest BCUT2D eigenvalue weighted by atomic mass is 10.1. The maximum atomic E-state index is 11.9. The van der Waals surface area contributed by atoms with Crippen molar-refractivity contribution in [1.29, 1.82) is 0 Å². The van der Waals surface area contributed by atoms with Crippen molar-refractivity contribution in [1.82, 2.24) is 5.32 Å². The predicted molar refractivity (Wildman–Crippen MR) is 82.5 cm³/mol. The van der Waals surface area contributed by atoms with Crippen molar-refractivity contribution in [2.75, 3.05) is 0 Å². The van der Waals surface area contributed by atoms with Gasteiger partial charge in [0.05, 0.1) is 0 Å². The average Bonchev–Trinajstić information content (AvgIpc) is 2.26. The van der Waals surface area contributed by atoms with Gasteiger partial charge in [-0.3, -0.25) is 4.79 Å². The Hall–Kier alpha value is -0.700. The molecule has 0 aliphatic carbocycles. The highest BCUT2D eigenvalue weighted by Gasteiger charge is 2.10. The van der Waals surface area contributed by atoms with E-state index in [9.17, 15) is 4.79 Å². The van der Waals surface area contributed by atoms with Crippen LogP contribution < -0.4 is 5.32 Å². The van der Waals surface area contributed by atoms with Crippen molar-refractivity contribution in [2.45, 2.75) is 65.8 Å². The second-order valence-electron chi connectivity index (χ2n) is 4.80. The van der Waals surface area contributed by atoms with Gasteiger partial charge in [0.1, 0.15) is 0 Å². The Kier molecular flexibility index (Phi) is 9.85. The van der Waals surface area contributed by atoms with Crippen LogP contribution in [0.15, 0.2) is 22.5 Å². The van der Waals surface area contributed by atoms with E-state index in [0.29, 0.717) is 12.5 Å². The van der Waals surface area contributed by atoms with Crippen molar-refractivity contribution in [3.8, 4) is 0 Å². The number of amides is 1. The van der Waals surface area contributed by atoms with Crippen LogP contribution in [0, 0.1) is 0 Å². The minimum Gasteiger partial charge on any atom is -0.353 e. The van der Waals surface area contributed by atoms with Gasteiger partial charge in [-0.2, -0.15) is 0 Å². The van der Waals surface area contributed by atoms with E-state index in [1.165, 1.54) is 0 Å². The van der Waals surface area contributed by atoms with Gasteiger partial charge in [0, 0.05) is 12.5 Å². The highest BCUT2D eigenvalue weighted by Crippen LogP contribution is 2.17. The third-order valence-electron chi connectivity index (χ3n) is 2.54. The lowest BCUT2D eigenvalue weighted by Crippen LogP contribution is -2.34. The van der Waals surface area contributed by atoms with E-state index in [0.717, 1.165) is 36.2 Å². The zero-order valence-electron chi connectivity index (χ0n) is 12.2. The molecule has 0 atom stereocenters. The SMILES string of the molecule is C=C(C)S/C=C(\C)CC(=O)NC(CCC)CCC. The maximum Gasteiger partial charge on any atom is 0.224 e. The summed E-state index contributed by atoms with van der Waals surface area (Å²) in [5.41, 5.74) is 1.09. The number of carbonyl (C=O) groups excluding carboxylic acids is 1.